The number of rotatable bonds is 6. The SMILES string of the molecule is CCCOc1ccc2ccccc2c1/C=C1\SC(=S)N(NC(=O)c2ccccc2)C1=O. The molecule has 0 aliphatic carbocycles. The van der Waals surface area contributed by atoms with E-state index in [0.717, 1.165) is 39.5 Å². The summed E-state index contributed by atoms with van der Waals surface area (Å²) in [7, 11) is 0. The molecule has 0 aromatic heterocycles. The smallest absolute Gasteiger partial charge is 0.285 e. The number of fused-ring (bicyclic) bond motifs is 1. The lowest BCUT2D eigenvalue weighted by molar-refractivity contribution is -0.123. The predicted molar refractivity (Wildman–Crippen MR) is 129 cm³/mol. The molecule has 0 unspecified atom stereocenters. The van der Waals surface area contributed by atoms with Crippen LogP contribution >= 0.6 is 24.0 Å². The van der Waals surface area contributed by atoms with Gasteiger partial charge in [0.15, 0.2) is 4.32 Å². The molecule has 1 heterocycles. The van der Waals surface area contributed by atoms with Crippen molar-refractivity contribution in [1.82, 2.24) is 10.4 Å². The largest absolute Gasteiger partial charge is 0.493 e. The summed E-state index contributed by atoms with van der Waals surface area (Å²) in [5, 5.41) is 3.15. The number of amides is 2. The first kappa shape index (κ1) is 21.1. The fraction of sp³-hybridized carbons (Fsp3) is 0.125. The molecule has 3 aromatic rings. The van der Waals surface area contributed by atoms with Crippen molar-refractivity contribution in [3.8, 4) is 5.75 Å². The molecule has 1 aliphatic rings. The number of benzene rings is 3. The topological polar surface area (TPSA) is 58.6 Å². The van der Waals surface area contributed by atoms with Crippen LogP contribution in [0, 0.1) is 0 Å². The summed E-state index contributed by atoms with van der Waals surface area (Å²) in [6.07, 6.45) is 2.67. The van der Waals surface area contributed by atoms with E-state index in [1.165, 1.54) is 0 Å². The van der Waals surface area contributed by atoms with Crippen molar-refractivity contribution in [2.45, 2.75) is 13.3 Å². The zero-order valence-electron chi connectivity index (χ0n) is 16.8. The standard InChI is InChI=1S/C24H20N2O3S2/c1-2-14-29-20-13-12-16-8-6-7-11-18(16)19(20)15-21-23(28)26(24(30)31-21)25-22(27)17-9-4-3-5-10-17/h3-13,15H,2,14H2,1H3,(H,25,27)/b21-15-. The predicted octanol–water partition coefficient (Wildman–Crippen LogP) is 5.17. The Labute approximate surface area is 190 Å². The molecule has 4 rings (SSSR count). The molecule has 0 radical (unpaired) electrons. The molecule has 7 heteroatoms. The minimum Gasteiger partial charge on any atom is -0.493 e. The lowest BCUT2D eigenvalue weighted by Crippen LogP contribution is -2.44. The average molecular weight is 449 g/mol. The van der Waals surface area contributed by atoms with E-state index in [-0.39, 0.29) is 10.2 Å². The van der Waals surface area contributed by atoms with E-state index >= 15 is 0 Å². The second kappa shape index (κ2) is 9.32. The number of thiocarbonyl (C=S) groups is 1. The van der Waals surface area contributed by atoms with Gasteiger partial charge in [-0.15, -0.1) is 0 Å². The molecule has 156 valence electrons. The molecule has 0 bridgehead atoms. The van der Waals surface area contributed by atoms with Gasteiger partial charge in [0, 0.05) is 11.1 Å². The summed E-state index contributed by atoms with van der Waals surface area (Å²) in [4.78, 5) is 26.0. The van der Waals surface area contributed by atoms with E-state index in [2.05, 4.69) is 5.43 Å². The third-order valence-electron chi connectivity index (χ3n) is 4.71. The van der Waals surface area contributed by atoms with Gasteiger partial charge in [0.2, 0.25) is 0 Å². The highest BCUT2D eigenvalue weighted by atomic mass is 32.2. The van der Waals surface area contributed by atoms with Crippen LogP contribution in [-0.4, -0.2) is 27.8 Å². The van der Waals surface area contributed by atoms with Crippen LogP contribution in [0.15, 0.2) is 71.6 Å². The molecule has 1 fully saturated rings. The molecule has 0 saturated carbocycles. The number of ether oxygens (including phenoxy) is 1. The highest BCUT2D eigenvalue weighted by molar-refractivity contribution is 8.26. The zero-order valence-corrected chi connectivity index (χ0v) is 18.5. The summed E-state index contributed by atoms with van der Waals surface area (Å²) in [5.41, 5.74) is 3.88. The van der Waals surface area contributed by atoms with Crippen molar-refractivity contribution in [1.29, 1.82) is 0 Å². The number of carbonyl (C=O) groups excluding carboxylic acids is 2. The Balaban J connectivity index is 1.66. The van der Waals surface area contributed by atoms with Gasteiger partial charge in [-0.1, -0.05) is 67.2 Å². The first-order valence-corrected chi connectivity index (χ1v) is 11.1. The zero-order chi connectivity index (χ0) is 21.8. The van der Waals surface area contributed by atoms with Crippen molar-refractivity contribution in [3.63, 3.8) is 0 Å². The monoisotopic (exact) mass is 448 g/mol. The lowest BCUT2D eigenvalue weighted by Gasteiger charge is -2.15. The first-order chi connectivity index (χ1) is 15.1. The van der Waals surface area contributed by atoms with E-state index in [0.29, 0.717) is 22.8 Å². The van der Waals surface area contributed by atoms with Crippen molar-refractivity contribution in [3.05, 3.63) is 82.8 Å². The molecule has 31 heavy (non-hydrogen) atoms. The van der Waals surface area contributed by atoms with Crippen molar-refractivity contribution in [2.75, 3.05) is 6.61 Å². The molecule has 2 amide bonds. The number of hydrogen-bond acceptors (Lipinski definition) is 5. The summed E-state index contributed by atoms with van der Waals surface area (Å²) in [5.74, 6) is -0.0527. The van der Waals surface area contributed by atoms with Gasteiger partial charge in [0.25, 0.3) is 11.8 Å². The minimum atomic E-state index is -0.393. The highest BCUT2D eigenvalue weighted by Crippen LogP contribution is 2.36. The Kier molecular flexibility index (Phi) is 6.34. The second-order valence-electron chi connectivity index (χ2n) is 6.87. The molecule has 0 atom stereocenters. The molecular weight excluding hydrogens is 428 g/mol. The van der Waals surface area contributed by atoms with E-state index in [4.69, 9.17) is 17.0 Å². The number of hydrazine groups is 1. The summed E-state index contributed by atoms with van der Waals surface area (Å²) in [6.45, 7) is 2.62. The number of hydrogen-bond donors (Lipinski definition) is 1. The molecule has 1 aliphatic heterocycles. The lowest BCUT2D eigenvalue weighted by atomic mass is 10.0. The van der Waals surface area contributed by atoms with Gasteiger partial charge in [-0.3, -0.25) is 15.0 Å². The van der Waals surface area contributed by atoms with E-state index in [9.17, 15) is 9.59 Å². The van der Waals surface area contributed by atoms with Crippen molar-refractivity contribution >= 4 is 57.0 Å². The van der Waals surface area contributed by atoms with E-state index < -0.39 is 5.91 Å². The van der Waals surface area contributed by atoms with E-state index in [1.807, 2.05) is 49.4 Å². The van der Waals surface area contributed by atoms with Crippen LogP contribution in [0.1, 0.15) is 29.3 Å². The number of thioether (sulfide) groups is 1. The number of nitrogens with zero attached hydrogens (tertiary/aromatic N) is 1. The Bertz CT molecular complexity index is 1190. The summed E-state index contributed by atoms with van der Waals surface area (Å²) in [6, 6.07) is 20.6. The quantitative estimate of drug-likeness (QED) is 0.416. The van der Waals surface area contributed by atoms with Crippen molar-refractivity contribution in [2.24, 2.45) is 0 Å². The van der Waals surface area contributed by atoms with Crippen LogP contribution in [0.5, 0.6) is 5.75 Å². The van der Waals surface area contributed by atoms with Gasteiger partial charge in [0.1, 0.15) is 5.75 Å². The van der Waals surface area contributed by atoms with Crippen LogP contribution in [0.3, 0.4) is 0 Å². The molecule has 1 saturated heterocycles. The normalized spacial score (nSPS) is 15.0. The maximum absolute atomic E-state index is 13.0. The molecule has 3 aromatic carbocycles. The Morgan fingerprint density at radius 3 is 2.61 bits per heavy atom. The van der Waals surface area contributed by atoms with Crippen LogP contribution in [0.25, 0.3) is 16.8 Å². The van der Waals surface area contributed by atoms with Gasteiger partial charge in [-0.2, -0.15) is 5.01 Å². The van der Waals surface area contributed by atoms with Gasteiger partial charge in [-0.25, -0.2) is 0 Å². The summed E-state index contributed by atoms with van der Waals surface area (Å²) >= 11 is 6.51. The molecule has 1 N–H and O–H groups in total. The fourth-order valence-electron chi connectivity index (χ4n) is 3.21. The second-order valence-corrected chi connectivity index (χ2v) is 8.55. The summed E-state index contributed by atoms with van der Waals surface area (Å²) < 4.78 is 6.21. The molecule has 5 nitrogen and oxygen atoms in total. The van der Waals surface area contributed by atoms with Crippen LogP contribution in [-0.2, 0) is 4.79 Å². The minimum absolute atomic E-state index is 0.275. The number of carbonyl (C=O) groups is 2. The van der Waals surface area contributed by atoms with Gasteiger partial charge in [-0.05, 0) is 53.7 Å². The fourth-order valence-corrected chi connectivity index (χ4v) is 4.37. The van der Waals surface area contributed by atoms with Gasteiger partial charge < -0.3 is 4.74 Å². The maximum atomic E-state index is 13.0. The molecule has 0 spiro atoms. The number of nitrogens with one attached hydrogen (secondary N) is 1. The highest BCUT2D eigenvalue weighted by Gasteiger charge is 2.34. The van der Waals surface area contributed by atoms with Crippen molar-refractivity contribution < 1.29 is 14.3 Å². The van der Waals surface area contributed by atoms with Crippen LogP contribution in [0.4, 0.5) is 0 Å². The average Bonchev–Trinajstić information content (AvgIpc) is 3.06. The Morgan fingerprint density at radius 2 is 1.84 bits per heavy atom. The third-order valence-corrected chi connectivity index (χ3v) is 6.01. The maximum Gasteiger partial charge on any atom is 0.285 e. The Morgan fingerprint density at radius 1 is 1.10 bits per heavy atom. The van der Waals surface area contributed by atoms with E-state index in [1.54, 1.807) is 30.3 Å². The Hall–Kier alpha value is -3.16. The first-order valence-electron chi connectivity index (χ1n) is 9.87. The van der Waals surface area contributed by atoms with Gasteiger partial charge >= 0.3 is 0 Å². The van der Waals surface area contributed by atoms with Gasteiger partial charge in [0.05, 0.1) is 11.5 Å². The molecular formula is C24H20N2O3S2. The third kappa shape index (κ3) is 4.47. The van der Waals surface area contributed by atoms with Crippen LogP contribution in [0.2, 0.25) is 0 Å². The van der Waals surface area contributed by atoms with Crippen LogP contribution < -0.4 is 10.2 Å².